The number of halogens is 1. The maximum absolute atomic E-state index is 14.3. The molecule has 0 bridgehead atoms. The van der Waals surface area contributed by atoms with Gasteiger partial charge >= 0.3 is 0 Å². The highest BCUT2D eigenvalue weighted by Gasteiger charge is 2.25. The molecule has 0 saturated heterocycles. The number of methoxy groups -OCH3 is 1. The van der Waals surface area contributed by atoms with Crippen molar-refractivity contribution in [2.45, 2.75) is 19.3 Å². The summed E-state index contributed by atoms with van der Waals surface area (Å²) in [6.45, 7) is 0. The van der Waals surface area contributed by atoms with E-state index in [-0.39, 0.29) is 17.6 Å². The fraction of sp³-hybridized carbons (Fsp3) is 0.167. The number of ether oxygens (including phenoxy) is 1. The number of carbonyl (C=O) groups excluding carboxylic acids is 1. The maximum Gasteiger partial charge on any atom is 0.227 e. The second-order valence-corrected chi connectivity index (χ2v) is 9.95. The number of rotatable bonds is 6. The van der Waals surface area contributed by atoms with E-state index in [4.69, 9.17) is 4.74 Å². The molecule has 1 fully saturated rings. The van der Waals surface area contributed by atoms with Crippen molar-refractivity contribution in [3.8, 4) is 39.5 Å². The molecule has 0 atom stereocenters. The number of nitrogens with zero attached hydrogens (tertiary/aromatic N) is 4. The number of nitrogens with one attached hydrogen (secondary N) is 3. The number of fused-ring (bicyclic) bond motifs is 2. The zero-order valence-electron chi connectivity index (χ0n) is 21.5. The van der Waals surface area contributed by atoms with Crippen LogP contribution in [-0.4, -0.2) is 43.2 Å². The lowest BCUT2D eigenvalue weighted by molar-refractivity contribution is -0.122. The first-order valence-electron chi connectivity index (χ1n) is 13.0. The van der Waals surface area contributed by atoms with E-state index < -0.39 is 0 Å². The van der Waals surface area contributed by atoms with Crippen LogP contribution in [0.15, 0.2) is 67.3 Å². The summed E-state index contributed by atoms with van der Waals surface area (Å²) in [7, 11) is 1.51. The Balaban J connectivity index is 1.26. The Kier molecular flexibility index (Phi) is 5.73. The van der Waals surface area contributed by atoms with Crippen LogP contribution in [0.3, 0.4) is 0 Å². The number of hydrogen-bond donors (Lipinski definition) is 3. The van der Waals surface area contributed by atoms with Crippen LogP contribution in [-0.2, 0) is 4.79 Å². The van der Waals surface area contributed by atoms with E-state index in [9.17, 15) is 9.18 Å². The topological polar surface area (TPSA) is 121 Å². The monoisotopic (exact) mass is 533 g/mol. The van der Waals surface area contributed by atoms with E-state index >= 15 is 0 Å². The zero-order chi connectivity index (χ0) is 27.2. The first-order chi connectivity index (χ1) is 19.6. The molecule has 198 valence electrons. The molecule has 1 aromatic carbocycles. The van der Waals surface area contributed by atoms with Gasteiger partial charge in [0.05, 0.1) is 42.1 Å². The molecule has 0 unspecified atom stereocenters. The predicted molar refractivity (Wildman–Crippen MR) is 150 cm³/mol. The number of benzene rings is 1. The average molecular weight is 534 g/mol. The van der Waals surface area contributed by atoms with Crippen LogP contribution in [0.4, 0.5) is 10.1 Å². The number of pyridine rings is 3. The zero-order valence-corrected chi connectivity index (χ0v) is 21.5. The van der Waals surface area contributed by atoms with Crippen LogP contribution >= 0.6 is 0 Å². The molecule has 5 heterocycles. The number of aromatic nitrogens is 6. The summed E-state index contributed by atoms with van der Waals surface area (Å²) in [4.78, 5) is 29.2. The van der Waals surface area contributed by atoms with E-state index in [1.165, 1.54) is 19.2 Å². The summed E-state index contributed by atoms with van der Waals surface area (Å²) in [5, 5.41) is 12.3. The lowest BCUT2D eigenvalue weighted by Crippen LogP contribution is -2.28. The third kappa shape index (κ3) is 4.23. The van der Waals surface area contributed by atoms with Crippen molar-refractivity contribution in [1.29, 1.82) is 0 Å². The highest BCUT2D eigenvalue weighted by atomic mass is 19.1. The molecule has 1 saturated carbocycles. The Morgan fingerprint density at radius 3 is 2.75 bits per heavy atom. The number of carbonyl (C=O) groups is 1. The average Bonchev–Trinajstić information content (AvgIpc) is 3.55. The number of amides is 1. The molecule has 1 aliphatic carbocycles. The summed E-state index contributed by atoms with van der Waals surface area (Å²) in [5.74, 6) is 0.180. The highest BCUT2D eigenvalue weighted by Crippen LogP contribution is 2.35. The van der Waals surface area contributed by atoms with Gasteiger partial charge in [0.25, 0.3) is 0 Å². The van der Waals surface area contributed by atoms with Crippen molar-refractivity contribution in [3.05, 3.63) is 73.1 Å². The summed E-state index contributed by atoms with van der Waals surface area (Å²) >= 11 is 0. The highest BCUT2D eigenvalue weighted by molar-refractivity contribution is 6.00. The maximum atomic E-state index is 14.3. The molecule has 6 aromatic rings. The molecule has 0 radical (unpaired) electrons. The Morgan fingerprint density at radius 1 is 1.02 bits per heavy atom. The van der Waals surface area contributed by atoms with Crippen LogP contribution in [0.1, 0.15) is 19.3 Å². The summed E-state index contributed by atoms with van der Waals surface area (Å²) in [6, 6.07) is 12.3. The molecule has 1 amide bonds. The number of anilines is 1. The largest absolute Gasteiger partial charge is 0.497 e. The van der Waals surface area contributed by atoms with Gasteiger partial charge < -0.3 is 15.0 Å². The smallest absolute Gasteiger partial charge is 0.227 e. The van der Waals surface area contributed by atoms with Crippen molar-refractivity contribution in [1.82, 2.24) is 30.1 Å². The molecule has 0 aliphatic heterocycles. The van der Waals surface area contributed by atoms with Gasteiger partial charge in [-0.1, -0.05) is 6.42 Å². The van der Waals surface area contributed by atoms with E-state index in [1.807, 2.05) is 24.3 Å². The van der Waals surface area contributed by atoms with Crippen LogP contribution in [0, 0.1) is 11.7 Å². The fourth-order valence-corrected chi connectivity index (χ4v) is 5.09. The van der Waals surface area contributed by atoms with Crippen LogP contribution in [0.2, 0.25) is 0 Å². The minimum atomic E-state index is -0.380. The lowest BCUT2D eigenvalue weighted by Gasteiger charge is -2.24. The molecular formula is C30H24FN7O2. The van der Waals surface area contributed by atoms with Crippen molar-refractivity contribution >= 4 is 33.5 Å². The van der Waals surface area contributed by atoms with Crippen LogP contribution in [0.25, 0.3) is 55.7 Å². The number of aromatic amines is 2. The summed E-state index contributed by atoms with van der Waals surface area (Å²) in [6.07, 6.45) is 9.74. The first-order valence-corrected chi connectivity index (χ1v) is 13.0. The third-order valence-corrected chi connectivity index (χ3v) is 7.43. The Hall–Kier alpha value is -5.12. The van der Waals surface area contributed by atoms with Crippen molar-refractivity contribution in [2.75, 3.05) is 12.4 Å². The van der Waals surface area contributed by atoms with Crippen molar-refractivity contribution in [2.24, 2.45) is 5.92 Å². The van der Waals surface area contributed by atoms with Crippen molar-refractivity contribution in [3.63, 3.8) is 0 Å². The van der Waals surface area contributed by atoms with Gasteiger partial charge in [-0.15, -0.1) is 0 Å². The van der Waals surface area contributed by atoms with E-state index in [0.717, 1.165) is 52.4 Å². The third-order valence-electron chi connectivity index (χ3n) is 7.43. The quantitative estimate of drug-likeness (QED) is 0.237. The fourth-order valence-electron chi connectivity index (χ4n) is 5.09. The SMILES string of the molecule is COc1cc(F)cc(-c2ccnc3[nH]c(-c4n[nH]c5cnc(-c6cncc(NC(=O)C7CCC7)c6)cc45)cc23)c1. The van der Waals surface area contributed by atoms with Crippen molar-refractivity contribution < 1.29 is 13.9 Å². The van der Waals surface area contributed by atoms with E-state index in [0.29, 0.717) is 34.0 Å². The second-order valence-electron chi connectivity index (χ2n) is 9.95. The minimum absolute atomic E-state index is 0.0363. The number of hydrogen-bond acceptors (Lipinski definition) is 6. The summed E-state index contributed by atoms with van der Waals surface area (Å²) in [5.41, 5.74) is 6.49. The summed E-state index contributed by atoms with van der Waals surface area (Å²) < 4.78 is 19.5. The van der Waals surface area contributed by atoms with Gasteiger partial charge in [0.15, 0.2) is 0 Å². The standard InChI is InChI=1S/C30H24FN7O2/c1-40-21-9-17(7-19(31)10-21)22-5-6-33-29-23(22)11-26(36-29)28-24-12-25(34-15-27(24)37-38-28)18-8-20(14-32-13-18)35-30(39)16-3-2-4-16/h5-16H,2-4H2,1H3,(H,33,36)(H,35,39)(H,37,38). The van der Waals surface area contributed by atoms with Gasteiger partial charge in [-0.05, 0) is 60.4 Å². The minimum Gasteiger partial charge on any atom is -0.497 e. The Labute approximate surface area is 227 Å². The lowest BCUT2D eigenvalue weighted by atomic mass is 9.85. The van der Waals surface area contributed by atoms with Gasteiger partial charge in [0.2, 0.25) is 5.91 Å². The molecule has 0 spiro atoms. The normalized spacial score (nSPS) is 13.4. The van der Waals surface area contributed by atoms with Gasteiger partial charge in [-0.3, -0.25) is 19.9 Å². The van der Waals surface area contributed by atoms with Crippen LogP contribution in [0.5, 0.6) is 5.75 Å². The first kappa shape index (κ1) is 24.0. The molecule has 5 aromatic heterocycles. The predicted octanol–water partition coefficient (Wildman–Crippen LogP) is 6.12. The molecular weight excluding hydrogens is 509 g/mol. The molecule has 3 N–H and O–H groups in total. The van der Waals surface area contributed by atoms with Gasteiger partial charge in [0, 0.05) is 40.7 Å². The molecule has 9 nitrogen and oxygen atoms in total. The van der Waals surface area contributed by atoms with E-state index in [1.54, 1.807) is 30.9 Å². The Morgan fingerprint density at radius 2 is 1.93 bits per heavy atom. The van der Waals surface area contributed by atoms with E-state index in [2.05, 4.69) is 35.5 Å². The number of H-pyrrole nitrogens is 2. The van der Waals surface area contributed by atoms with Gasteiger partial charge in [-0.2, -0.15) is 5.10 Å². The van der Waals surface area contributed by atoms with Crippen LogP contribution < -0.4 is 10.1 Å². The molecule has 10 heteroatoms. The van der Waals surface area contributed by atoms with Gasteiger partial charge in [0.1, 0.15) is 22.9 Å². The molecule has 40 heavy (non-hydrogen) atoms. The molecule has 1 aliphatic rings. The van der Waals surface area contributed by atoms with Gasteiger partial charge in [-0.25, -0.2) is 9.37 Å². The second kappa shape index (κ2) is 9.57. The molecule has 7 rings (SSSR count). The Bertz CT molecular complexity index is 1910.